The summed E-state index contributed by atoms with van der Waals surface area (Å²) in [6, 6.07) is 4.54. The van der Waals surface area contributed by atoms with E-state index in [2.05, 4.69) is 18.7 Å². The van der Waals surface area contributed by atoms with Gasteiger partial charge in [0, 0.05) is 18.7 Å². The van der Waals surface area contributed by atoms with E-state index in [9.17, 15) is 4.39 Å². The lowest BCUT2D eigenvalue weighted by molar-refractivity contribution is 0.111. The Labute approximate surface area is 114 Å². The summed E-state index contributed by atoms with van der Waals surface area (Å²) in [5.41, 5.74) is 7.32. The molecule has 1 aliphatic rings. The summed E-state index contributed by atoms with van der Waals surface area (Å²) < 4.78 is 13.2. The molecule has 1 heterocycles. The van der Waals surface area contributed by atoms with Crippen molar-refractivity contribution >= 4 is 5.84 Å². The molecule has 0 saturated carbocycles. The third kappa shape index (κ3) is 3.53. The first-order chi connectivity index (χ1) is 8.87. The number of amidine groups is 1. The van der Waals surface area contributed by atoms with Crippen LogP contribution in [0.4, 0.5) is 4.39 Å². The largest absolute Gasteiger partial charge is 0.384 e. The van der Waals surface area contributed by atoms with E-state index < -0.39 is 0 Å². The van der Waals surface area contributed by atoms with Gasteiger partial charge < -0.3 is 5.73 Å². The molecule has 1 aliphatic heterocycles. The van der Waals surface area contributed by atoms with Crippen molar-refractivity contribution in [2.45, 2.75) is 33.2 Å². The Kier molecular flexibility index (Phi) is 3.90. The predicted molar refractivity (Wildman–Crippen MR) is 75.7 cm³/mol. The molecule has 0 spiro atoms. The fraction of sp³-hybridized carbons (Fsp3) is 0.533. The van der Waals surface area contributed by atoms with Crippen LogP contribution in [0.5, 0.6) is 0 Å². The highest BCUT2D eigenvalue weighted by Crippen LogP contribution is 2.29. The van der Waals surface area contributed by atoms with Crippen LogP contribution in [-0.4, -0.2) is 23.8 Å². The molecule has 3 nitrogen and oxygen atoms in total. The Hall–Kier alpha value is -1.42. The molecular weight excluding hydrogens is 241 g/mol. The van der Waals surface area contributed by atoms with Crippen molar-refractivity contribution in [3.63, 3.8) is 0 Å². The number of piperidine rings is 1. The normalized spacial score (nSPS) is 19.3. The van der Waals surface area contributed by atoms with Crippen LogP contribution in [0.25, 0.3) is 0 Å². The fourth-order valence-corrected chi connectivity index (χ4v) is 2.86. The van der Waals surface area contributed by atoms with E-state index in [1.54, 1.807) is 6.07 Å². The van der Waals surface area contributed by atoms with Gasteiger partial charge in [-0.1, -0.05) is 19.9 Å². The topological polar surface area (TPSA) is 53.1 Å². The standard InChI is InChI=1S/C15H22FN3/c1-15(2)6-3-7-19(10-15)9-11-4-5-12(16)8-13(11)14(17)18/h4-5,8H,3,6-7,9-10H2,1-2H3,(H3,17,18). The van der Waals surface area contributed by atoms with E-state index in [0.29, 0.717) is 11.0 Å². The first-order valence-electron chi connectivity index (χ1n) is 6.73. The first kappa shape index (κ1) is 14.0. The summed E-state index contributed by atoms with van der Waals surface area (Å²) in [4.78, 5) is 2.36. The molecule has 4 heteroatoms. The van der Waals surface area contributed by atoms with Gasteiger partial charge in [0.1, 0.15) is 11.7 Å². The molecule has 0 radical (unpaired) electrons. The van der Waals surface area contributed by atoms with E-state index in [0.717, 1.165) is 25.2 Å². The Morgan fingerprint density at radius 3 is 2.84 bits per heavy atom. The average molecular weight is 263 g/mol. The SMILES string of the molecule is CC1(C)CCCN(Cc2ccc(F)cc2C(=N)N)C1. The predicted octanol–water partition coefficient (Wildman–Crippen LogP) is 2.73. The van der Waals surface area contributed by atoms with Crippen LogP contribution in [0.1, 0.15) is 37.8 Å². The molecule has 104 valence electrons. The summed E-state index contributed by atoms with van der Waals surface area (Å²) in [5.74, 6) is -0.404. The number of nitrogens with zero attached hydrogens (tertiary/aromatic N) is 1. The minimum atomic E-state index is -0.340. The second kappa shape index (κ2) is 5.29. The maximum Gasteiger partial charge on any atom is 0.123 e. The van der Waals surface area contributed by atoms with Gasteiger partial charge in [-0.15, -0.1) is 0 Å². The number of rotatable bonds is 3. The zero-order chi connectivity index (χ0) is 14.0. The maximum atomic E-state index is 13.2. The second-order valence-corrected chi connectivity index (χ2v) is 6.19. The summed E-state index contributed by atoms with van der Waals surface area (Å²) in [5, 5.41) is 7.56. The number of likely N-dealkylation sites (tertiary alicyclic amines) is 1. The van der Waals surface area contributed by atoms with Crippen LogP contribution < -0.4 is 5.73 Å². The fourth-order valence-electron chi connectivity index (χ4n) is 2.86. The lowest BCUT2D eigenvalue weighted by Gasteiger charge is -2.38. The molecule has 0 amide bonds. The molecule has 1 aromatic rings. The molecule has 1 saturated heterocycles. The minimum absolute atomic E-state index is 0.0641. The van der Waals surface area contributed by atoms with Crippen molar-refractivity contribution in [2.24, 2.45) is 11.1 Å². The summed E-state index contributed by atoms with van der Waals surface area (Å²) in [6.45, 7) is 7.36. The lowest BCUT2D eigenvalue weighted by atomic mass is 9.84. The van der Waals surface area contributed by atoms with E-state index in [4.69, 9.17) is 11.1 Å². The molecular formula is C15H22FN3. The molecule has 1 aromatic carbocycles. The first-order valence-corrected chi connectivity index (χ1v) is 6.73. The smallest absolute Gasteiger partial charge is 0.123 e. The van der Waals surface area contributed by atoms with Crippen LogP contribution in [0.2, 0.25) is 0 Å². The number of benzene rings is 1. The van der Waals surface area contributed by atoms with Crippen molar-refractivity contribution in [1.29, 1.82) is 5.41 Å². The van der Waals surface area contributed by atoms with Crippen molar-refractivity contribution in [3.05, 3.63) is 35.1 Å². The van der Waals surface area contributed by atoms with Gasteiger partial charge in [-0.05, 0) is 42.5 Å². The second-order valence-electron chi connectivity index (χ2n) is 6.19. The van der Waals surface area contributed by atoms with Crippen molar-refractivity contribution in [1.82, 2.24) is 4.90 Å². The Morgan fingerprint density at radius 1 is 1.47 bits per heavy atom. The molecule has 0 atom stereocenters. The van der Waals surface area contributed by atoms with Crippen molar-refractivity contribution < 1.29 is 4.39 Å². The highest BCUT2D eigenvalue weighted by atomic mass is 19.1. The van der Waals surface area contributed by atoms with Crippen LogP contribution >= 0.6 is 0 Å². The van der Waals surface area contributed by atoms with Crippen LogP contribution in [0.3, 0.4) is 0 Å². The quantitative estimate of drug-likeness (QED) is 0.651. The van der Waals surface area contributed by atoms with Crippen LogP contribution in [0.15, 0.2) is 18.2 Å². The zero-order valence-electron chi connectivity index (χ0n) is 11.7. The molecule has 19 heavy (non-hydrogen) atoms. The van der Waals surface area contributed by atoms with Gasteiger partial charge in [0.15, 0.2) is 0 Å². The molecule has 3 N–H and O–H groups in total. The van der Waals surface area contributed by atoms with E-state index in [1.165, 1.54) is 25.0 Å². The summed E-state index contributed by atoms with van der Waals surface area (Å²) in [7, 11) is 0. The highest BCUT2D eigenvalue weighted by Gasteiger charge is 2.26. The monoisotopic (exact) mass is 263 g/mol. The average Bonchev–Trinajstić information content (AvgIpc) is 2.30. The summed E-state index contributed by atoms with van der Waals surface area (Å²) >= 11 is 0. The van der Waals surface area contributed by atoms with Gasteiger partial charge in [-0.2, -0.15) is 0 Å². The third-order valence-electron chi connectivity index (χ3n) is 3.74. The summed E-state index contributed by atoms with van der Waals surface area (Å²) in [6.07, 6.45) is 2.43. The zero-order valence-corrected chi connectivity index (χ0v) is 11.7. The number of nitrogen functional groups attached to an aromatic ring is 1. The molecule has 0 aliphatic carbocycles. The van der Waals surface area contributed by atoms with Gasteiger partial charge in [0.25, 0.3) is 0 Å². The van der Waals surface area contributed by atoms with Gasteiger partial charge in [0.05, 0.1) is 0 Å². The van der Waals surface area contributed by atoms with Crippen molar-refractivity contribution in [2.75, 3.05) is 13.1 Å². The third-order valence-corrected chi connectivity index (χ3v) is 3.74. The van der Waals surface area contributed by atoms with Gasteiger partial charge in [-0.3, -0.25) is 10.3 Å². The molecule has 0 unspecified atom stereocenters. The van der Waals surface area contributed by atoms with E-state index in [-0.39, 0.29) is 11.7 Å². The number of halogens is 1. The van der Waals surface area contributed by atoms with Crippen molar-refractivity contribution in [3.8, 4) is 0 Å². The Morgan fingerprint density at radius 2 is 2.21 bits per heavy atom. The molecule has 0 bridgehead atoms. The molecule has 0 aromatic heterocycles. The number of hydrogen-bond donors (Lipinski definition) is 2. The molecule has 1 fully saturated rings. The Bertz CT molecular complexity index is 482. The number of nitrogens with one attached hydrogen (secondary N) is 1. The highest BCUT2D eigenvalue weighted by molar-refractivity contribution is 5.96. The number of hydrogen-bond acceptors (Lipinski definition) is 2. The van der Waals surface area contributed by atoms with Crippen LogP contribution in [-0.2, 0) is 6.54 Å². The van der Waals surface area contributed by atoms with Crippen LogP contribution in [0, 0.1) is 16.6 Å². The van der Waals surface area contributed by atoms with E-state index in [1.807, 2.05) is 0 Å². The minimum Gasteiger partial charge on any atom is -0.384 e. The van der Waals surface area contributed by atoms with Gasteiger partial charge >= 0.3 is 0 Å². The Balaban J connectivity index is 2.17. The van der Waals surface area contributed by atoms with Gasteiger partial charge in [0.2, 0.25) is 0 Å². The lowest BCUT2D eigenvalue weighted by Crippen LogP contribution is -2.39. The molecule has 2 rings (SSSR count). The number of nitrogens with two attached hydrogens (primary N) is 1. The van der Waals surface area contributed by atoms with E-state index >= 15 is 0 Å². The maximum absolute atomic E-state index is 13.2. The van der Waals surface area contributed by atoms with Gasteiger partial charge in [-0.25, -0.2) is 4.39 Å².